The van der Waals surface area contributed by atoms with Gasteiger partial charge in [-0.25, -0.2) is 4.79 Å². The molecule has 2 saturated heterocycles. The number of nitrogens with zero attached hydrogens (tertiary/aromatic N) is 2. The molecule has 0 spiro atoms. The number of amides is 3. The zero-order valence-electron chi connectivity index (χ0n) is 15.2. The number of urea groups is 1. The molecular formula is C19H28N4O3. The highest BCUT2D eigenvalue weighted by Gasteiger charge is 2.28. The summed E-state index contributed by atoms with van der Waals surface area (Å²) in [6.45, 7) is 4.00. The summed E-state index contributed by atoms with van der Waals surface area (Å²) < 4.78 is 5.47. The predicted molar refractivity (Wildman–Crippen MR) is 99.3 cm³/mol. The number of carbonyl (C=O) groups excluding carboxylic acids is 2. The van der Waals surface area contributed by atoms with E-state index in [1.807, 2.05) is 15.9 Å². The van der Waals surface area contributed by atoms with Crippen LogP contribution in [0.3, 0.4) is 0 Å². The molecule has 1 aromatic rings. The molecule has 26 heavy (non-hydrogen) atoms. The van der Waals surface area contributed by atoms with E-state index in [0.29, 0.717) is 37.6 Å². The average molecular weight is 360 g/mol. The first-order chi connectivity index (χ1) is 12.7. The van der Waals surface area contributed by atoms with E-state index in [-0.39, 0.29) is 18.0 Å². The number of carbonyl (C=O) groups is 2. The SMILES string of the molecule is NCCOc1cccc(C(=O)NC2CCN(C(=O)N3CCCC3)CC2)c1. The maximum Gasteiger partial charge on any atom is 0.319 e. The molecule has 0 atom stereocenters. The first kappa shape index (κ1) is 18.5. The zero-order chi connectivity index (χ0) is 18.4. The number of hydrogen-bond acceptors (Lipinski definition) is 4. The number of benzene rings is 1. The molecular weight excluding hydrogens is 332 g/mol. The van der Waals surface area contributed by atoms with Crippen LogP contribution in [0.15, 0.2) is 24.3 Å². The highest BCUT2D eigenvalue weighted by atomic mass is 16.5. The van der Waals surface area contributed by atoms with Crippen LogP contribution in [0.1, 0.15) is 36.0 Å². The van der Waals surface area contributed by atoms with E-state index in [1.54, 1.807) is 18.2 Å². The van der Waals surface area contributed by atoms with Crippen molar-refractivity contribution in [3.8, 4) is 5.75 Å². The molecule has 7 heteroatoms. The van der Waals surface area contributed by atoms with E-state index in [1.165, 1.54) is 0 Å². The van der Waals surface area contributed by atoms with Crippen molar-refractivity contribution >= 4 is 11.9 Å². The lowest BCUT2D eigenvalue weighted by molar-refractivity contribution is 0.0912. The van der Waals surface area contributed by atoms with Gasteiger partial charge in [0.1, 0.15) is 12.4 Å². The Kier molecular flexibility index (Phi) is 6.33. The van der Waals surface area contributed by atoms with E-state index in [2.05, 4.69) is 5.32 Å². The van der Waals surface area contributed by atoms with Crippen LogP contribution < -0.4 is 15.8 Å². The van der Waals surface area contributed by atoms with Gasteiger partial charge < -0.3 is 25.6 Å². The van der Waals surface area contributed by atoms with Crippen LogP contribution in [0.2, 0.25) is 0 Å². The Morgan fingerprint density at radius 3 is 2.50 bits per heavy atom. The lowest BCUT2D eigenvalue weighted by Crippen LogP contribution is -2.50. The zero-order valence-corrected chi connectivity index (χ0v) is 15.2. The third-order valence-electron chi connectivity index (χ3n) is 4.96. The largest absolute Gasteiger partial charge is 0.492 e. The summed E-state index contributed by atoms with van der Waals surface area (Å²) in [6, 6.07) is 7.37. The summed E-state index contributed by atoms with van der Waals surface area (Å²) in [5, 5.41) is 3.08. The Morgan fingerprint density at radius 2 is 1.81 bits per heavy atom. The maximum absolute atomic E-state index is 12.5. The Balaban J connectivity index is 1.48. The minimum atomic E-state index is -0.104. The number of rotatable bonds is 5. The van der Waals surface area contributed by atoms with Gasteiger partial charge in [0, 0.05) is 44.3 Å². The lowest BCUT2D eigenvalue weighted by Gasteiger charge is -2.34. The molecule has 0 radical (unpaired) electrons. The third kappa shape index (κ3) is 4.66. The van der Waals surface area contributed by atoms with Crippen molar-refractivity contribution in [2.75, 3.05) is 39.3 Å². The molecule has 0 aliphatic carbocycles. The van der Waals surface area contributed by atoms with Crippen molar-refractivity contribution in [3.63, 3.8) is 0 Å². The fourth-order valence-corrected chi connectivity index (χ4v) is 3.50. The van der Waals surface area contributed by atoms with Crippen molar-refractivity contribution < 1.29 is 14.3 Å². The smallest absolute Gasteiger partial charge is 0.319 e. The number of ether oxygens (including phenoxy) is 1. The molecule has 1 aromatic carbocycles. The molecule has 2 aliphatic rings. The van der Waals surface area contributed by atoms with E-state index >= 15 is 0 Å². The Hall–Kier alpha value is -2.28. The quantitative estimate of drug-likeness (QED) is 0.832. The van der Waals surface area contributed by atoms with Gasteiger partial charge in [-0.05, 0) is 43.9 Å². The lowest BCUT2D eigenvalue weighted by atomic mass is 10.0. The van der Waals surface area contributed by atoms with Crippen molar-refractivity contribution in [1.82, 2.24) is 15.1 Å². The Labute approximate surface area is 154 Å². The Bertz CT molecular complexity index is 623. The predicted octanol–water partition coefficient (Wildman–Crippen LogP) is 1.43. The average Bonchev–Trinajstić information content (AvgIpc) is 3.21. The van der Waals surface area contributed by atoms with Crippen LogP contribution in [0.25, 0.3) is 0 Å². The second kappa shape index (κ2) is 8.89. The molecule has 2 aliphatic heterocycles. The van der Waals surface area contributed by atoms with Gasteiger partial charge in [0.25, 0.3) is 5.91 Å². The summed E-state index contributed by atoms with van der Waals surface area (Å²) in [5.74, 6) is 0.543. The minimum absolute atomic E-state index is 0.0961. The van der Waals surface area contributed by atoms with Gasteiger partial charge in [-0.1, -0.05) is 6.07 Å². The molecule has 2 heterocycles. The topological polar surface area (TPSA) is 87.9 Å². The number of nitrogens with one attached hydrogen (secondary N) is 1. The number of likely N-dealkylation sites (tertiary alicyclic amines) is 2. The van der Waals surface area contributed by atoms with E-state index < -0.39 is 0 Å². The van der Waals surface area contributed by atoms with Gasteiger partial charge in [0.15, 0.2) is 0 Å². The van der Waals surface area contributed by atoms with Crippen LogP contribution in [0, 0.1) is 0 Å². The first-order valence-corrected chi connectivity index (χ1v) is 9.45. The van der Waals surface area contributed by atoms with Crippen LogP contribution >= 0.6 is 0 Å². The summed E-state index contributed by atoms with van der Waals surface area (Å²) in [7, 11) is 0. The number of hydrogen-bond donors (Lipinski definition) is 2. The molecule has 0 saturated carbocycles. The second-order valence-corrected chi connectivity index (χ2v) is 6.88. The molecule has 3 amide bonds. The van der Waals surface area contributed by atoms with Crippen molar-refractivity contribution in [2.24, 2.45) is 5.73 Å². The molecule has 2 fully saturated rings. The van der Waals surface area contributed by atoms with Gasteiger partial charge in [0.05, 0.1) is 0 Å². The Morgan fingerprint density at radius 1 is 1.12 bits per heavy atom. The third-order valence-corrected chi connectivity index (χ3v) is 4.96. The summed E-state index contributed by atoms with van der Waals surface area (Å²) >= 11 is 0. The van der Waals surface area contributed by atoms with E-state index in [0.717, 1.165) is 38.8 Å². The van der Waals surface area contributed by atoms with Gasteiger partial charge in [-0.3, -0.25) is 4.79 Å². The minimum Gasteiger partial charge on any atom is -0.492 e. The molecule has 0 unspecified atom stereocenters. The molecule has 142 valence electrons. The van der Waals surface area contributed by atoms with Crippen LogP contribution in [0.4, 0.5) is 4.79 Å². The van der Waals surface area contributed by atoms with Crippen LogP contribution in [0.5, 0.6) is 5.75 Å². The van der Waals surface area contributed by atoms with Crippen LogP contribution in [-0.2, 0) is 0 Å². The fraction of sp³-hybridized carbons (Fsp3) is 0.579. The number of nitrogens with two attached hydrogens (primary N) is 1. The highest BCUT2D eigenvalue weighted by Crippen LogP contribution is 2.17. The first-order valence-electron chi connectivity index (χ1n) is 9.45. The number of piperidine rings is 1. The summed E-state index contributed by atoms with van der Waals surface area (Å²) in [5.41, 5.74) is 6.01. The van der Waals surface area contributed by atoms with Gasteiger partial charge in [-0.2, -0.15) is 0 Å². The van der Waals surface area contributed by atoms with Crippen molar-refractivity contribution in [1.29, 1.82) is 0 Å². The highest BCUT2D eigenvalue weighted by molar-refractivity contribution is 5.94. The summed E-state index contributed by atoms with van der Waals surface area (Å²) in [4.78, 5) is 28.7. The van der Waals surface area contributed by atoms with E-state index in [4.69, 9.17) is 10.5 Å². The maximum atomic E-state index is 12.5. The van der Waals surface area contributed by atoms with Gasteiger partial charge in [0.2, 0.25) is 0 Å². The fourth-order valence-electron chi connectivity index (χ4n) is 3.50. The van der Waals surface area contributed by atoms with Gasteiger partial charge in [-0.15, -0.1) is 0 Å². The monoisotopic (exact) mass is 360 g/mol. The van der Waals surface area contributed by atoms with E-state index in [9.17, 15) is 9.59 Å². The van der Waals surface area contributed by atoms with Crippen molar-refractivity contribution in [2.45, 2.75) is 31.7 Å². The second-order valence-electron chi connectivity index (χ2n) is 6.88. The van der Waals surface area contributed by atoms with Crippen LogP contribution in [-0.4, -0.2) is 67.1 Å². The van der Waals surface area contributed by atoms with Gasteiger partial charge >= 0.3 is 6.03 Å². The van der Waals surface area contributed by atoms with Crippen molar-refractivity contribution in [3.05, 3.63) is 29.8 Å². The molecule has 3 rings (SSSR count). The molecule has 3 N–H and O–H groups in total. The standard InChI is InChI=1S/C19H28N4O3/c20-8-13-26-17-5-3-4-15(14-17)18(24)21-16-6-11-23(12-7-16)19(25)22-9-1-2-10-22/h3-5,14,16H,1-2,6-13,20H2,(H,21,24). The molecule has 0 aromatic heterocycles. The molecule has 7 nitrogen and oxygen atoms in total. The summed E-state index contributed by atoms with van der Waals surface area (Å²) in [6.07, 6.45) is 3.78. The molecule has 0 bridgehead atoms. The normalized spacial score (nSPS) is 18.0.